The molecule has 1 fully saturated rings. The number of nitrogens with one attached hydrogen (secondary N) is 3. The first-order valence-corrected chi connectivity index (χ1v) is 13.8. The Morgan fingerprint density at radius 2 is 1.77 bits per heavy atom. The molecule has 1 spiro atoms. The van der Waals surface area contributed by atoms with Crippen molar-refractivity contribution in [1.29, 1.82) is 0 Å². The number of aliphatic hydroxyl groups is 1. The van der Waals surface area contributed by atoms with Gasteiger partial charge in [-0.15, -0.1) is 12.4 Å². The minimum Gasteiger partial charge on any atom is -0.392 e. The van der Waals surface area contributed by atoms with Crippen LogP contribution in [-0.4, -0.2) is 64.1 Å². The number of hydrogen-bond donors (Lipinski definition) is 4. The van der Waals surface area contributed by atoms with Crippen LogP contribution in [0, 0.1) is 0 Å². The Labute approximate surface area is 237 Å². The highest BCUT2D eigenvalue weighted by molar-refractivity contribution is 5.92. The van der Waals surface area contributed by atoms with Crippen molar-refractivity contribution in [2.75, 3.05) is 19.6 Å². The molecule has 3 aromatic rings. The molecule has 2 atom stereocenters. The van der Waals surface area contributed by atoms with Crippen LogP contribution in [0.2, 0.25) is 0 Å². The van der Waals surface area contributed by atoms with Gasteiger partial charge < -0.3 is 25.6 Å². The van der Waals surface area contributed by atoms with Crippen LogP contribution < -0.4 is 10.6 Å². The number of aryl methyl sites for hydroxylation is 1. The number of halogens is 1. The highest BCUT2D eigenvalue weighted by atomic mass is 35.5. The number of hydrogen-bond acceptors (Lipinski definition) is 4. The van der Waals surface area contributed by atoms with Gasteiger partial charge in [0.15, 0.2) is 0 Å². The summed E-state index contributed by atoms with van der Waals surface area (Å²) in [7, 11) is 0. The summed E-state index contributed by atoms with van der Waals surface area (Å²) < 4.78 is 0. The van der Waals surface area contributed by atoms with E-state index >= 15 is 0 Å². The second-order valence-corrected chi connectivity index (χ2v) is 11.7. The maximum Gasteiger partial charge on any atom is 0.245 e. The van der Waals surface area contributed by atoms with E-state index in [1.165, 1.54) is 11.1 Å². The van der Waals surface area contributed by atoms with Gasteiger partial charge in [-0.3, -0.25) is 9.59 Å². The maximum atomic E-state index is 14.0. The van der Waals surface area contributed by atoms with Crippen LogP contribution in [0.3, 0.4) is 0 Å². The molecule has 7 nitrogen and oxygen atoms in total. The fourth-order valence-corrected chi connectivity index (χ4v) is 6.20. The summed E-state index contributed by atoms with van der Waals surface area (Å²) in [5.41, 5.74) is 4.15. The molecular weight excluding hydrogens is 512 g/mol. The summed E-state index contributed by atoms with van der Waals surface area (Å²) in [6.07, 6.45) is 5.92. The number of β-amino-alcohol motifs (C(OH)–C–C–N with tert-alkyl or cyclic N) is 1. The largest absolute Gasteiger partial charge is 0.392 e. The average Bonchev–Trinajstić information content (AvgIpc) is 3.49. The minimum atomic E-state index is -0.935. The topological polar surface area (TPSA) is 97.5 Å². The number of carbonyl (C=O) groups is 2. The highest BCUT2D eigenvalue weighted by Gasteiger charge is 2.43. The standard InChI is InChI=1S/C31H40N4O3.ClH/c1-21(36)19-33-30(2,3)29(38)34-27(18-23-20-32-26-11-7-5-9-24(23)26)28(37)35-16-14-31(15-17-35)13-12-22-8-4-6-10-25(22)31;/h4-11,20-21,27,32-33,36H,12-19H2,1-3H3,(H,34,38);1H/t21-,27-;/m1./s1. The molecule has 0 bridgehead atoms. The van der Waals surface area contributed by atoms with E-state index in [-0.39, 0.29) is 36.2 Å². The molecule has 2 heterocycles. The number of amides is 2. The normalized spacial score (nSPS) is 17.9. The quantitative estimate of drug-likeness (QED) is 0.341. The molecular formula is C31H41ClN4O3. The third-order valence-corrected chi connectivity index (χ3v) is 8.60. The number of aliphatic hydroxyl groups excluding tert-OH is 1. The molecule has 1 saturated heterocycles. The van der Waals surface area contributed by atoms with Crippen molar-refractivity contribution in [3.63, 3.8) is 0 Å². The monoisotopic (exact) mass is 552 g/mol. The lowest BCUT2D eigenvalue weighted by Crippen LogP contribution is -2.60. The van der Waals surface area contributed by atoms with E-state index in [0.717, 1.165) is 42.1 Å². The number of likely N-dealkylation sites (tertiary alicyclic amines) is 1. The third kappa shape index (κ3) is 6.01. The Hall–Kier alpha value is -2.87. The smallest absolute Gasteiger partial charge is 0.245 e. The number of para-hydroxylation sites is 1. The lowest BCUT2D eigenvalue weighted by atomic mass is 9.73. The Kier molecular flexibility index (Phi) is 8.74. The Morgan fingerprint density at radius 1 is 1.08 bits per heavy atom. The van der Waals surface area contributed by atoms with Gasteiger partial charge in [0.1, 0.15) is 6.04 Å². The summed E-state index contributed by atoms with van der Waals surface area (Å²) in [4.78, 5) is 32.6. The zero-order chi connectivity index (χ0) is 26.9. The summed E-state index contributed by atoms with van der Waals surface area (Å²) in [6.45, 7) is 6.90. The molecule has 8 heteroatoms. The number of aromatic amines is 1. The van der Waals surface area contributed by atoms with E-state index in [2.05, 4.69) is 39.9 Å². The van der Waals surface area contributed by atoms with Gasteiger partial charge in [0, 0.05) is 43.2 Å². The van der Waals surface area contributed by atoms with Crippen LogP contribution in [0.5, 0.6) is 0 Å². The van der Waals surface area contributed by atoms with Crippen LogP contribution in [0.1, 0.15) is 56.7 Å². The number of aromatic nitrogens is 1. The Bertz CT molecular complexity index is 1310. The van der Waals surface area contributed by atoms with E-state index in [0.29, 0.717) is 19.5 Å². The predicted molar refractivity (Wildman–Crippen MR) is 157 cm³/mol. The van der Waals surface area contributed by atoms with Gasteiger partial charge in [0.25, 0.3) is 0 Å². The first-order chi connectivity index (χ1) is 18.2. The van der Waals surface area contributed by atoms with E-state index in [4.69, 9.17) is 0 Å². The molecule has 0 radical (unpaired) electrons. The van der Waals surface area contributed by atoms with Crippen molar-refractivity contribution in [2.45, 2.75) is 76.0 Å². The Morgan fingerprint density at radius 3 is 2.51 bits per heavy atom. The van der Waals surface area contributed by atoms with Crippen molar-refractivity contribution in [1.82, 2.24) is 20.5 Å². The number of rotatable bonds is 8. The van der Waals surface area contributed by atoms with Crippen LogP contribution in [-0.2, 0) is 27.8 Å². The van der Waals surface area contributed by atoms with E-state index in [1.807, 2.05) is 35.4 Å². The number of nitrogens with zero attached hydrogens (tertiary/aromatic N) is 1. The average molecular weight is 553 g/mol. The molecule has 4 N–H and O–H groups in total. The Balaban J connectivity index is 0.00000353. The van der Waals surface area contributed by atoms with Crippen LogP contribution in [0.4, 0.5) is 0 Å². The maximum absolute atomic E-state index is 14.0. The van der Waals surface area contributed by atoms with Gasteiger partial charge >= 0.3 is 0 Å². The summed E-state index contributed by atoms with van der Waals surface area (Å²) in [5, 5.41) is 17.0. The fraction of sp³-hybridized carbons (Fsp3) is 0.484. The van der Waals surface area contributed by atoms with Crippen molar-refractivity contribution < 1.29 is 14.7 Å². The number of H-pyrrole nitrogens is 1. The van der Waals surface area contributed by atoms with Gasteiger partial charge in [-0.1, -0.05) is 42.5 Å². The molecule has 2 aromatic carbocycles. The van der Waals surface area contributed by atoms with E-state index in [1.54, 1.807) is 20.8 Å². The van der Waals surface area contributed by atoms with Crippen molar-refractivity contribution in [2.24, 2.45) is 0 Å². The third-order valence-electron chi connectivity index (χ3n) is 8.60. The zero-order valence-electron chi connectivity index (χ0n) is 23.1. The summed E-state index contributed by atoms with van der Waals surface area (Å²) in [6, 6.07) is 16.1. The first kappa shape index (κ1) is 29.1. The van der Waals surface area contributed by atoms with E-state index < -0.39 is 17.7 Å². The first-order valence-electron chi connectivity index (χ1n) is 13.8. The minimum absolute atomic E-state index is 0. The molecule has 39 heavy (non-hydrogen) atoms. The van der Waals surface area contributed by atoms with Gasteiger partial charge in [0.2, 0.25) is 11.8 Å². The van der Waals surface area contributed by atoms with Crippen LogP contribution >= 0.6 is 12.4 Å². The SMILES string of the molecule is C[C@@H](O)CNC(C)(C)C(=O)N[C@H](Cc1c[nH]c2ccccc12)C(=O)N1CCC2(CCc3ccccc32)CC1.Cl. The van der Waals surface area contributed by atoms with Gasteiger partial charge in [-0.25, -0.2) is 0 Å². The molecule has 1 aliphatic carbocycles. The number of carbonyl (C=O) groups excluding carboxylic acids is 2. The number of piperidine rings is 1. The lowest BCUT2D eigenvalue weighted by Gasteiger charge is -2.41. The number of fused-ring (bicyclic) bond motifs is 3. The lowest BCUT2D eigenvalue weighted by molar-refractivity contribution is -0.139. The van der Waals surface area contributed by atoms with Gasteiger partial charge in [-0.2, -0.15) is 0 Å². The summed E-state index contributed by atoms with van der Waals surface area (Å²) in [5.74, 6) is -0.286. The fourth-order valence-electron chi connectivity index (χ4n) is 6.20. The molecule has 2 amide bonds. The molecule has 1 aliphatic heterocycles. The molecule has 0 saturated carbocycles. The molecule has 210 valence electrons. The molecule has 0 unspecified atom stereocenters. The molecule has 5 rings (SSSR count). The number of benzene rings is 2. The zero-order valence-corrected chi connectivity index (χ0v) is 23.9. The van der Waals surface area contributed by atoms with Crippen LogP contribution in [0.25, 0.3) is 10.9 Å². The molecule has 1 aromatic heterocycles. The summed E-state index contributed by atoms with van der Waals surface area (Å²) >= 11 is 0. The molecule has 2 aliphatic rings. The second-order valence-electron chi connectivity index (χ2n) is 11.7. The highest BCUT2D eigenvalue weighted by Crippen LogP contribution is 2.46. The van der Waals surface area contributed by atoms with Crippen molar-refractivity contribution in [3.05, 3.63) is 71.4 Å². The van der Waals surface area contributed by atoms with Crippen molar-refractivity contribution >= 4 is 35.1 Å². The van der Waals surface area contributed by atoms with Gasteiger partial charge in [0.05, 0.1) is 11.6 Å². The van der Waals surface area contributed by atoms with E-state index in [9.17, 15) is 14.7 Å². The van der Waals surface area contributed by atoms with Gasteiger partial charge in [-0.05, 0) is 74.6 Å². The predicted octanol–water partition coefficient (Wildman–Crippen LogP) is 3.87. The van der Waals surface area contributed by atoms with Crippen molar-refractivity contribution in [3.8, 4) is 0 Å². The second kappa shape index (κ2) is 11.7. The van der Waals surface area contributed by atoms with Crippen LogP contribution in [0.15, 0.2) is 54.7 Å².